The van der Waals surface area contributed by atoms with Crippen molar-refractivity contribution in [3.63, 3.8) is 0 Å². The zero-order valence-corrected chi connectivity index (χ0v) is 10.5. The summed E-state index contributed by atoms with van der Waals surface area (Å²) in [7, 11) is 0. The molecular weight excluding hydrogens is 210 g/mol. The van der Waals surface area contributed by atoms with Crippen molar-refractivity contribution in [2.75, 3.05) is 0 Å². The van der Waals surface area contributed by atoms with Crippen LogP contribution >= 0.6 is 0 Å². The number of benzene rings is 1. The standard InChI is InChI=1S/C15H19NO/c1-3-12(2)16-11-14-9-10-15(17-14)13-7-5-4-6-8-13/h4-10,12,16H,3,11H2,1-2H3/p+1/t12-/m1/s1. The van der Waals surface area contributed by atoms with Gasteiger partial charge in [-0.2, -0.15) is 0 Å². The fourth-order valence-corrected chi connectivity index (χ4v) is 1.73. The fraction of sp³-hybridized carbons (Fsp3) is 0.333. The summed E-state index contributed by atoms with van der Waals surface area (Å²) in [5.41, 5.74) is 1.14. The van der Waals surface area contributed by atoms with Gasteiger partial charge in [0.05, 0.1) is 6.04 Å². The van der Waals surface area contributed by atoms with Crippen LogP contribution in [0.25, 0.3) is 11.3 Å². The van der Waals surface area contributed by atoms with Crippen LogP contribution in [0.5, 0.6) is 0 Å². The van der Waals surface area contributed by atoms with Gasteiger partial charge < -0.3 is 9.73 Å². The number of nitrogens with two attached hydrogens (primary N) is 1. The highest BCUT2D eigenvalue weighted by molar-refractivity contribution is 5.57. The number of hydrogen-bond acceptors (Lipinski definition) is 1. The lowest BCUT2D eigenvalue weighted by Gasteiger charge is -2.05. The molecule has 0 saturated heterocycles. The van der Waals surface area contributed by atoms with E-state index in [9.17, 15) is 0 Å². The van der Waals surface area contributed by atoms with Crippen LogP contribution in [-0.2, 0) is 6.54 Å². The van der Waals surface area contributed by atoms with Crippen LogP contribution in [0, 0.1) is 0 Å². The van der Waals surface area contributed by atoms with E-state index in [0.717, 1.165) is 23.6 Å². The summed E-state index contributed by atoms with van der Waals surface area (Å²) in [6.45, 7) is 5.36. The van der Waals surface area contributed by atoms with E-state index in [-0.39, 0.29) is 0 Å². The van der Waals surface area contributed by atoms with Gasteiger partial charge >= 0.3 is 0 Å². The third-order valence-corrected chi connectivity index (χ3v) is 3.09. The molecule has 1 aromatic carbocycles. The van der Waals surface area contributed by atoms with Gasteiger partial charge in [-0.25, -0.2) is 0 Å². The molecule has 1 heterocycles. The van der Waals surface area contributed by atoms with Crippen LogP contribution in [0.3, 0.4) is 0 Å². The zero-order chi connectivity index (χ0) is 12.1. The molecule has 0 aliphatic carbocycles. The Bertz CT molecular complexity index is 447. The van der Waals surface area contributed by atoms with E-state index in [2.05, 4.69) is 43.4 Å². The van der Waals surface area contributed by atoms with Crippen molar-refractivity contribution in [3.05, 3.63) is 48.2 Å². The minimum atomic E-state index is 0.653. The molecule has 0 bridgehead atoms. The number of quaternary nitrogens is 1. The molecule has 90 valence electrons. The monoisotopic (exact) mass is 230 g/mol. The number of rotatable bonds is 5. The topological polar surface area (TPSA) is 29.8 Å². The normalized spacial score (nSPS) is 12.6. The Balaban J connectivity index is 2.01. The summed E-state index contributed by atoms with van der Waals surface area (Å²) in [6.07, 6.45) is 1.19. The first-order valence-corrected chi connectivity index (χ1v) is 6.27. The largest absolute Gasteiger partial charge is 0.455 e. The van der Waals surface area contributed by atoms with E-state index < -0.39 is 0 Å². The highest BCUT2D eigenvalue weighted by Crippen LogP contribution is 2.21. The van der Waals surface area contributed by atoms with Gasteiger partial charge in [-0.1, -0.05) is 37.3 Å². The first-order valence-electron chi connectivity index (χ1n) is 6.27. The van der Waals surface area contributed by atoms with Gasteiger partial charge in [0.25, 0.3) is 0 Å². The number of hydrogen-bond donors (Lipinski definition) is 1. The Morgan fingerprint density at radius 3 is 2.59 bits per heavy atom. The molecule has 0 spiro atoms. The highest BCUT2D eigenvalue weighted by atomic mass is 16.3. The summed E-state index contributed by atoms with van der Waals surface area (Å²) >= 11 is 0. The highest BCUT2D eigenvalue weighted by Gasteiger charge is 2.07. The first kappa shape index (κ1) is 11.9. The van der Waals surface area contributed by atoms with Crippen LogP contribution in [0.4, 0.5) is 0 Å². The fourth-order valence-electron chi connectivity index (χ4n) is 1.73. The zero-order valence-electron chi connectivity index (χ0n) is 10.5. The van der Waals surface area contributed by atoms with Crippen LogP contribution in [0.1, 0.15) is 26.0 Å². The molecule has 1 atom stereocenters. The average Bonchev–Trinajstić information content (AvgIpc) is 2.86. The molecule has 2 aromatic rings. The Labute approximate surface area is 103 Å². The van der Waals surface area contributed by atoms with Crippen LogP contribution < -0.4 is 5.32 Å². The predicted octanol–water partition coefficient (Wildman–Crippen LogP) is 2.81. The van der Waals surface area contributed by atoms with Crippen molar-refractivity contribution >= 4 is 0 Å². The summed E-state index contributed by atoms with van der Waals surface area (Å²) in [4.78, 5) is 0. The second kappa shape index (κ2) is 5.69. The van der Waals surface area contributed by atoms with Gasteiger partial charge in [0.2, 0.25) is 0 Å². The Morgan fingerprint density at radius 1 is 1.12 bits per heavy atom. The maximum atomic E-state index is 5.83. The van der Waals surface area contributed by atoms with Gasteiger partial charge in [0.1, 0.15) is 12.3 Å². The van der Waals surface area contributed by atoms with Crippen molar-refractivity contribution in [1.29, 1.82) is 0 Å². The van der Waals surface area contributed by atoms with Crippen molar-refractivity contribution in [3.8, 4) is 11.3 Å². The third kappa shape index (κ3) is 3.21. The van der Waals surface area contributed by atoms with E-state index in [1.807, 2.05) is 18.2 Å². The molecule has 1 aromatic heterocycles. The van der Waals surface area contributed by atoms with Crippen molar-refractivity contribution in [2.24, 2.45) is 0 Å². The van der Waals surface area contributed by atoms with Crippen molar-refractivity contribution < 1.29 is 9.73 Å². The quantitative estimate of drug-likeness (QED) is 0.841. The molecule has 2 rings (SSSR count). The molecule has 0 saturated carbocycles. The average molecular weight is 230 g/mol. The molecule has 2 heteroatoms. The van der Waals surface area contributed by atoms with E-state index in [1.54, 1.807) is 0 Å². The first-order chi connectivity index (χ1) is 8.29. The van der Waals surface area contributed by atoms with Crippen molar-refractivity contribution in [1.82, 2.24) is 0 Å². The molecule has 0 fully saturated rings. The smallest absolute Gasteiger partial charge is 0.158 e. The molecule has 0 amide bonds. The lowest BCUT2D eigenvalue weighted by Crippen LogP contribution is -2.87. The second-order valence-electron chi connectivity index (χ2n) is 4.46. The number of furan rings is 1. The molecule has 0 aliphatic rings. The summed E-state index contributed by atoms with van der Waals surface area (Å²) in [6, 6.07) is 15.0. The second-order valence-corrected chi connectivity index (χ2v) is 4.46. The molecule has 0 aliphatic heterocycles. The van der Waals surface area contributed by atoms with Crippen LogP contribution in [0.2, 0.25) is 0 Å². The van der Waals surface area contributed by atoms with Gasteiger partial charge in [-0.05, 0) is 25.5 Å². The van der Waals surface area contributed by atoms with E-state index >= 15 is 0 Å². The Morgan fingerprint density at radius 2 is 1.88 bits per heavy atom. The molecule has 17 heavy (non-hydrogen) atoms. The van der Waals surface area contributed by atoms with Crippen molar-refractivity contribution in [2.45, 2.75) is 32.9 Å². The predicted molar refractivity (Wildman–Crippen MR) is 69.5 cm³/mol. The third-order valence-electron chi connectivity index (χ3n) is 3.09. The van der Waals surface area contributed by atoms with E-state index in [1.165, 1.54) is 6.42 Å². The minimum absolute atomic E-state index is 0.653. The SMILES string of the molecule is CC[C@@H](C)[NH2+]Cc1ccc(-c2ccccc2)o1. The lowest BCUT2D eigenvalue weighted by molar-refractivity contribution is -0.703. The van der Waals surface area contributed by atoms with E-state index in [0.29, 0.717) is 6.04 Å². The minimum Gasteiger partial charge on any atom is -0.455 e. The summed E-state index contributed by atoms with van der Waals surface area (Å²) < 4.78 is 5.83. The van der Waals surface area contributed by atoms with E-state index in [4.69, 9.17) is 4.42 Å². The summed E-state index contributed by atoms with van der Waals surface area (Å²) in [5.74, 6) is 2.00. The summed E-state index contributed by atoms with van der Waals surface area (Å²) in [5, 5.41) is 2.31. The Hall–Kier alpha value is -1.54. The van der Waals surface area contributed by atoms with Crippen LogP contribution in [0.15, 0.2) is 46.9 Å². The molecule has 2 N–H and O–H groups in total. The van der Waals surface area contributed by atoms with Gasteiger partial charge in [0, 0.05) is 5.56 Å². The van der Waals surface area contributed by atoms with Crippen LogP contribution in [-0.4, -0.2) is 6.04 Å². The maximum Gasteiger partial charge on any atom is 0.158 e. The van der Waals surface area contributed by atoms with Gasteiger partial charge in [-0.3, -0.25) is 0 Å². The molecule has 2 nitrogen and oxygen atoms in total. The molecular formula is C15H20NO+. The Kier molecular flexibility index (Phi) is 3.99. The van der Waals surface area contributed by atoms with Gasteiger partial charge in [0.15, 0.2) is 5.76 Å². The maximum absolute atomic E-state index is 5.83. The molecule has 0 unspecified atom stereocenters. The molecule has 0 radical (unpaired) electrons. The van der Waals surface area contributed by atoms with Gasteiger partial charge in [-0.15, -0.1) is 0 Å². The lowest BCUT2D eigenvalue weighted by atomic mass is 10.2.